The number of nitrogens with one attached hydrogen (secondary N) is 1. The molecule has 0 aliphatic carbocycles. The van der Waals surface area contributed by atoms with Crippen molar-refractivity contribution in [2.75, 3.05) is 45.8 Å². The van der Waals surface area contributed by atoms with Gasteiger partial charge in [-0.3, -0.25) is 4.79 Å². The molecular weight excluding hydrogens is 522 g/mol. The van der Waals surface area contributed by atoms with Crippen molar-refractivity contribution in [3.05, 3.63) is 71.8 Å². The van der Waals surface area contributed by atoms with E-state index in [0.717, 1.165) is 37.0 Å². The maximum absolute atomic E-state index is 13.7. The molecule has 41 heavy (non-hydrogen) atoms. The Hall–Kier alpha value is -3.43. The van der Waals surface area contributed by atoms with E-state index in [2.05, 4.69) is 5.32 Å². The van der Waals surface area contributed by atoms with Gasteiger partial charge in [0.15, 0.2) is 6.10 Å². The molecule has 2 aromatic carbocycles. The standard InChI is InChI=1S/C32H41N3O6/c1-31(2,3)41-30(38)34-20-24(21-34)28(36)33-16-19-35-17-14-23(15-18-35)27(22-35)40-29(37)32(39,25-10-6-4-7-11-25)26-12-8-5-9-13-26/h4-13,23-24,27,39H,14-22H2,1-3H3/p+1/t23?,27-,35?/m0/s1. The summed E-state index contributed by atoms with van der Waals surface area (Å²) in [5, 5.41) is 14.9. The van der Waals surface area contributed by atoms with E-state index in [-0.39, 0.29) is 29.9 Å². The number of amides is 2. The molecule has 2 aromatic rings. The highest BCUT2D eigenvalue weighted by molar-refractivity contribution is 5.85. The molecular formula is C32H42N3O6+. The number of aliphatic hydroxyl groups is 1. The third-order valence-electron chi connectivity index (χ3n) is 8.77. The van der Waals surface area contributed by atoms with Gasteiger partial charge in [-0.05, 0) is 31.9 Å². The molecule has 0 spiro atoms. The van der Waals surface area contributed by atoms with Gasteiger partial charge in [0, 0.05) is 31.8 Å². The van der Waals surface area contributed by atoms with Crippen LogP contribution in [0.3, 0.4) is 0 Å². The number of hydrogen-bond acceptors (Lipinski definition) is 6. The Kier molecular flexibility index (Phi) is 8.12. The fourth-order valence-corrected chi connectivity index (χ4v) is 6.33. The summed E-state index contributed by atoms with van der Waals surface area (Å²) < 4.78 is 12.3. The van der Waals surface area contributed by atoms with E-state index in [1.807, 2.05) is 32.9 Å². The van der Waals surface area contributed by atoms with Gasteiger partial charge in [-0.15, -0.1) is 0 Å². The summed E-state index contributed by atoms with van der Waals surface area (Å²) in [6.07, 6.45) is 1.19. The van der Waals surface area contributed by atoms with Crippen LogP contribution in [0, 0.1) is 11.8 Å². The van der Waals surface area contributed by atoms with Gasteiger partial charge in [0.2, 0.25) is 11.5 Å². The van der Waals surface area contributed by atoms with Crippen LogP contribution < -0.4 is 5.32 Å². The number of carbonyl (C=O) groups excluding carboxylic acids is 3. The molecule has 0 unspecified atom stereocenters. The average molecular weight is 565 g/mol. The zero-order valence-electron chi connectivity index (χ0n) is 24.3. The smallest absolute Gasteiger partial charge is 0.410 e. The lowest BCUT2D eigenvalue weighted by Gasteiger charge is -2.52. The SMILES string of the molecule is CC(C)(C)OC(=O)N1CC(C(=O)NCC[N+]23CCC(CC2)[C@@H](OC(=O)C(O)(c2ccccc2)c2ccccc2)C3)C1. The summed E-state index contributed by atoms with van der Waals surface area (Å²) in [5.41, 5.74) is -1.51. The highest BCUT2D eigenvalue weighted by atomic mass is 16.6. The van der Waals surface area contributed by atoms with Crippen LogP contribution >= 0.6 is 0 Å². The van der Waals surface area contributed by atoms with Crippen molar-refractivity contribution in [2.45, 2.75) is 50.9 Å². The Balaban J connectivity index is 1.17. The van der Waals surface area contributed by atoms with E-state index in [0.29, 0.717) is 37.3 Å². The number of quaternary nitrogens is 1. The zero-order chi connectivity index (χ0) is 29.3. The summed E-state index contributed by atoms with van der Waals surface area (Å²) in [6, 6.07) is 17.9. The summed E-state index contributed by atoms with van der Waals surface area (Å²) >= 11 is 0. The van der Waals surface area contributed by atoms with E-state index >= 15 is 0 Å². The fraction of sp³-hybridized carbons (Fsp3) is 0.531. The van der Waals surface area contributed by atoms with Crippen molar-refractivity contribution >= 4 is 18.0 Å². The molecule has 0 aromatic heterocycles. The van der Waals surface area contributed by atoms with Crippen LogP contribution in [0.25, 0.3) is 0 Å². The molecule has 2 bridgehead atoms. The van der Waals surface area contributed by atoms with Crippen LogP contribution in [0.2, 0.25) is 0 Å². The number of fused-ring (bicyclic) bond motifs is 3. The van der Waals surface area contributed by atoms with Gasteiger partial charge < -0.3 is 29.3 Å². The number of likely N-dealkylation sites (tertiary alicyclic amines) is 1. The van der Waals surface area contributed by atoms with Gasteiger partial charge in [0.25, 0.3) is 0 Å². The first-order chi connectivity index (χ1) is 19.5. The zero-order valence-corrected chi connectivity index (χ0v) is 24.3. The first-order valence-electron chi connectivity index (χ1n) is 14.6. The molecule has 2 amide bonds. The predicted octanol–water partition coefficient (Wildman–Crippen LogP) is 3.06. The number of nitrogens with zero attached hydrogens (tertiary/aromatic N) is 2. The third-order valence-corrected chi connectivity index (χ3v) is 8.77. The number of benzene rings is 2. The highest BCUT2D eigenvalue weighted by Crippen LogP contribution is 2.38. The summed E-state index contributed by atoms with van der Waals surface area (Å²) in [6.45, 7) is 10.1. The van der Waals surface area contributed by atoms with Crippen molar-refractivity contribution in [1.82, 2.24) is 10.2 Å². The van der Waals surface area contributed by atoms with Gasteiger partial charge in [-0.25, -0.2) is 9.59 Å². The molecule has 4 fully saturated rings. The van der Waals surface area contributed by atoms with Crippen molar-refractivity contribution < 1.29 is 33.4 Å². The topological polar surface area (TPSA) is 105 Å². The first kappa shape index (κ1) is 29.1. The highest BCUT2D eigenvalue weighted by Gasteiger charge is 2.50. The van der Waals surface area contributed by atoms with Gasteiger partial charge >= 0.3 is 12.1 Å². The first-order valence-corrected chi connectivity index (χ1v) is 14.6. The lowest BCUT2D eigenvalue weighted by molar-refractivity contribution is -0.945. The molecule has 6 rings (SSSR count). The largest absolute Gasteiger partial charge is 0.453 e. The molecule has 4 heterocycles. The number of rotatable bonds is 8. The second kappa shape index (κ2) is 11.4. The molecule has 2 N–H and O–H groups in total. The third kappa shape index (κ3) is 6.26. The minimum Gasteiger partial charge on any atom is -0.453 e. The van der Waals surface area contributed by atoms with E-state index < -0.39 is 17.2 Å². The Morgan fingerprint density at radius 1 is 0.951 bits per heavy atom. The fourth-order valence-electron chi connectivity index (χ4n) is 6.33. The monoisotopic (exact) mass is 564 g/mol. The predicted molar refractivity (Wildman–Crippen MR) is 153 cm³/mol. The van der Waals surface area contributed by atoms with Crippen LogP contribution in [-0.4, -0.2) is 90.0 Å². The number of carbonyl (C=O) groups is 3. The van der Waals surface area contributed by atoms with Crippen LogP contribution in [0.5, 0.6) is 0 Å². The maximum Gasteiger partial charge on any atom is 0.410 e. The second-order valence-corrected chi connectivity index (χ2v) is 12.8. The molecule has 9 nitrogen and oxygen atoms in total. The Morgan fingerprint density at radius 3 is 2.05 bits per heavy atom. The summed E-state index contributed by atoms with van der Waals surface area (Å²) in [5.74, 6) is -0.664. The minimum atomic E-state index is -1.90. The molecule has 4 saturated heterocycles. The van der Waals surface area contributed by atoms with Crippen LogP contribution in [0.1, 0.15) is 44.7 Å². The molecule has 1 atom stereocenters. The molecule has 0 saturated carbocycles. The summed E-state index contributed by atoms with van der Waals surface area (Å²) in [4.78, 5) is 40.1. The normalized spacial score (nSPS) is 24.3. The second-order valence-electron chi connectivity index (χ2n) is 12.8. The van der Waals surface area contributed by atoms with Gasteiger partial charge in [0.1, 0.15) is 12.1 Å². The van der Waals surface area contributed by atoms with E-state index in [1.54, 1.807) is 53.4 Å². The van der Waals surface area contributed by atoms with Crippen molar-refractivity contribution in [1.29, 1.82) is 0 Å². The van der Waals surface area contributed by atoms with Crippen molar-refractivity contribution in [2.24, 2.45) is 11.8 Å². The lowest BCUT2D eigenvalue weighted by atomic mass is 9.82. The van der Waals surface area contributed by atoms with E-state index in [4.69, 9.17) is 9.47 Å². The quantitative estimate of drug-likeness (QED) is 0.377. The Morgan fingerprint density at radius 2 is 1.51 bits per heavy atom. The molecule has 0 radical (unpaired) electrons. The molecule has 220 valence electrons. The van der Waals surface area contributed by atoms with Crippen molar-refractivity contribution in [3.8, 4) is 0 Å². The molecule has 4 aliphatic rings. The van der Waals surface area contributed by atoms with Gasteiger partial charge in [-0.1, -0.05) is 60.7 Å². The average Bonchev–Trinajstić information content (AvgIpc) is 2.92. The Labute approximate surface area is 242 Å². The number of ether oxygens (including phenoxy) is 2. The number of hydrogen-bond donors (Lipinski definition) is 2. The van der Waals surface area contributed by atoms with Crippen LogP contribution in [-0.2, 0) is 24.7 Å². The maximum atomic E-state index is 13.7. The van der Waals surface area contributed by atoms with Crippen LogP contribution in [0.15, 0.2) is 60.7 Å². The molecule has 9 heteroatoms. The molecule has 4 aliphatic heterocycles. The number of esters is 1. The lowest BCUT2D eigenvalue weighted by Crippen LogP contribution is -2.66. The van der Waals surface area contributed by atoms with E-state index in [1.165, 1.54) is 0 Å². The van der Waals surface area contributed by atoms with Crippen LogP contribution in [0.4, 0.5) is 4.79 Å². The number of piperidine rings is 3. The van der Waals surface area contributed by atoms with Gasteiger partial charge in [0.05, 0.1) is 32.1 Å². The summed E-state index contributed by atoms with van der Waals surface area (Å²) in [7, 11) is 0. The van der Waals surface area contributed by atoms with Crippen molar-refractivity contribution in [3.63, 3.8) is 0 Å². The minimum absolute atomic E-state index is 0.0475. The Bertz CT molecular complexity index is 1190. The van der Waals surface area contributed by atoms with Gasteiger partial charge in [-0.2, -0.15) is 0 Å². The van der Waals surface area contributed by atoms with E-state index in [9.17, 15) is 19.5 Å².